The standard InChI is InChI=1S/C16H20N2O6/c1-3-24-16(20)11-6-8-17(9-7-11)15(19)13-10-12(18(21)22)4-5-14(13)23-2/h4-5,10-11H,3,6-9H2,1-2H3. The van der Waals surface area contributed by atoms with Crippen molar-refractivity contribution in [1.29, 1.82) is 0 Å². The highest BCUT2D eigenvalue weighted by molar-refractivity contribution is 5.97. The molecule has 0 bridgehead atoms. The number of nitro benzene ring substituents is 1. The lowest BCUT2D eigenvalue weighted by Crippen LogP contribution is -2.40. The summed E-state index contributed by atoms with van der Waals surface area (Å²) < 4.78 is 10.1. The number of carbonyl (C=O) groups is 2. The number of amides is 1. The topological polar surface area (TPSA) is 99.0 Å². The minimum absolute atomic E-state index is 0.154. The minimum atomic E-state index is -0.552. The summed E-state index contributed by atoms with van der Waals surface area (Å²) >= 11 is 0. The normalized spacial score (nSPS) is 15.0. The van der Waals surface area contributed by atoms with E-state index in [4.69, 9.17) is 9.47 Å². The Bertz CT molecular complexity index is 637. The van der Waals surface area contributed by atoms with Gasteiger partial charge in [-0.25, -0.2) is 0 Å². The summed E-state index contributed by atoms with van der Waals surface area (Å²) in [6.07, 6.45) is 1.03. The monoisotopic (exact) mass is 336 g/mol. The number of benzene rings is 1. The highest BCUT2D eigenvalue weighted by Crippen LogP contribution is 2.27. The molecule has 0 aliphatic carbocycles. The number of ether oxygens (including phenoxy) is 2. The molecule has 1 saturated heterocycles. The van der Waals surface area contributed by atoms with Gasteiger partial charge in [0.1, 0.15) is 5.75 Å². The molecule has 24 heavy (non-hydrogen) atoms. The van der Waals surface area contributed by atoms with Crippen molar-refractivity contribution in [3.05, 3.63) is 33.9 Å². The summed E-state index contributed by atoms with van der Waals surface area (Å²) in [6, 6.07) is 3.93. The summed E-state index contributed by atoms with van der Waals surface area (Å²) in [5.74, 6) is -0.491. The van der Waals surface area contributed by atoms with Crippen LogP contribution in [0.4, 0.5) is 5.69 Å². The highest BCUT2D eigenvalue weighted by Gasteiger charge is 2.30. The molecular weight excluding hydrogens is 316 g/mol. The molecule has 0 atom stereocenters. The first kappa shape index (κ1) is 17.7. The van der Waals surface area contributed by atoms with Crippen LogP contribution in [-0.4, -0.2) is 48.5 Å². The lowest BCUT2D eigenvalue weighted by atomic mass is 9.96. The predicted octanol–water partition coefficient (Wildman–Crippen LogP) is 2.02. The Morgan fingerprint density at radius 2 is 2.00 bits per heavy atom. The smallest absolute Gasteiger partial charge is 0.309 e. The van der Waals surface area contributed by atoms with Crippen LogP contribution in [0.5, 0.6) is 5.75 Å². The molecule has 8 nitrogen and oxygen atoms in total. The second kappa shape index (κ2) is 7.76. The Morgan fingerprint density at radius 1 is 1.33 bits per heavy atom. The number of hydrogen-bond acceptors (Lipinski definition) is 6. The van der Waals surface area contributed by atoms with Crippen molar-refractivity contribution in [2.24, 2.45) is 5.92 Å². The summed E-state index contributed by atoms with van der Waals surface area (Å²) in [6.45, 7) is 2.89. The number of carbonyl (C=O) groups excluding carboxylic acids is 2. The average molecular weight is 336 g/mol. The van der Waals surface area contributed by atoms with E-state index in [1.165, 1.54) is 25.3 Å². The van der Waals surface area contributed by atoms with Crippen LogP contribution in [0.1, 0.15) is 30.1 Å². The summed E-state index contributed by atoms with van der Waals surface area (Å²) in [5.41, 5.74) is -0.0122. The van der Waals surface area contributed by atoms with E-state index < -0.39 is 4.92 Å². The molecule has 0 radical (unpaired) electrons. The maximum atomic E-state index is 12.7. The fraction of sp³-hybridized carbons (Fsp3) is 0.500. The number of nitro groups is 1. The largest absolute Gasteiger partial charge is 0.496 e. The van der Waals surface area contributed by atoms with E-state index >= 15 is 0 Å². The van der Waals surface area contributed by atoms with Gasteiger partial charge in [0.15, 0.2) is 0 Å². The van der Waals surface area contributed by atoms with Gasteiger partial charge in [-0.05, 0) is 25.8 Å². The number of nitrogens with zero attached hydrogens (tertiary/aromatic N) is 2. The molecule has 8 heteroatoms. The van der Waals surface area contributed by atoms with Crippen molar-refractivity contribution < 1.29 is 24.0 Å². The van der Waals surface area contributed by atoms with Crippen molar-refractivity contribution in [3.8, 4) is 5.75 Å². The molecule has 1 amide bonds. The average Bonchev–Trinajstić information content (AvgIpc) is 2.60. The fourth-order valence-corrected chi connectivity index (χ4v) is 2.73. The van der Waals surface area contributed by atoms with E-state index in [-0.39, 0.29) is 34.8 Å². The Morgan fingerprint density at radius 3 is 2.54 bits per heavy atom. The molecule has 130 valence electrons. The number of hydrogen-bond donors (Lipinski definition) is 0. The van der Waals surface area contributed by atoms with E-state index in [0.29, 0.717) is 32.5 Å². The van der Waals surface area contributed by atoms with Crippen molar-refractivity contribution >= 4 is 17.6 Å². The van der Waals surface area contributed by atoms with E-state index in [0.717, 1.165) is 0 Å². The SMILES string of the molecule is CCOC(=O)C1CCN(C(=O)c2cc([N+](=O)[O-])ccc2OC)CC1. The van der Waals surface area contributed by atoms with Gasteiger partial charge in [-0.1, -0.05) is 0 Å². The van der Waals surface area contributed by atoms with Crippen LogP contribution in [0.15, 0.2) is 18.2 Å². The Balaban J connectivity index is 2.11. The molecule has 0 spiro atoms. The molecular formula is C16H20N2O6. The lowest BCUT2D eigenvalue weighted by Gasteiger charge is -2.31. The second-order valence-electron chi connectivity index (χ2n) is 5.46. The second-order valence-corrected chi connectivity index (χ2v) is 5.46. The molecule has 1 aromatic rings. The highest BCUT2D eigenvalue weighted by atomic mass is 16.6. The summed E-state index contributed by atoms with van der Waals surface area (Å²) in [5, 5.41) is 10.9. The van der Waals surface area contributed by atoms with Crippen molar-refractivity contribution in [3.63, 3.8) is 0 Å². The number of methoxy groups -OCH3 is 1. The van der Waals surface area contributed by atoms with Crippen molar-refractivity contribution in [1.82, 2.24) is 4.90 Å². The van der Waals surface area contributed by atoms with Gasteiger partial charge in [-0.2, -0.15) is 0 Å². The third kappa shape index (κ3) is 3.81. The molecule has 0 saturated carbocycles. The molecule has 1 heterocycles. The maximum absolute atomic E-state index is 12.7. The summed E-state index contributed by atoms with van der Waals surface area (Å²) in [7, 11) is 1.41. The zero-order valence-electron chi connectivity index (χ0n) is 13.7. The third-order valence-corrected chi connectivity index (χ3v) is 4.03. The van der Waals surface area contributed by atoms with Gasteiger partial charge >= 0.3 is 5.97 Å². The molecule has 2 rings (SSSR count). The molecule has 1 aliphatic rings. The minimum Gasteiger partial charge on any atom is -0.496 e. The molecule has 0 unspecified atom stereocenters. The van der Waals surface area contributed by atoms with Gasteiger partial charge in [0, 0.05) is 25.2 Å². The number of likely N-dealkylation sites (tertiary alicyclic amines) is 1. The van der Waals surface area contributed by atoms with Crippen LogP contribution in [0, 0.1) is 16.0 Å². The molecule has 1 aliphatic heterocycles. The van der Waals surface area contributed by atoms with Crippen LogP contribution >= 0.6 is 0 Å². The number of rotatable bonds is 5. The van der Waals surface area contributed by atoms with Crippen LogP contribution < -0.4 is 4.74 Å². The number of piperidine rings is 1. The van der Waals surface area contributed by atoms with E-state index in [9.17, 15) is 19.7 Å². The van der Waals surface area contributed by atoms with Crippen molar-refractivity contribution in [2.45, 2.75) is 19.8 Å². The van der Waals surface area contributed by atoms with Gasteiger partial charge in [0.05, 0.1) is 30.1 Å². The van der Waals surface area contributed by atoms with E-state index in [2.05, 4.69) is 0 Å². The van der Waals surface area contributed by atoms with Gasteiger partial charge < -0.3 is 14.4 Å². The van der Waals surface area contributed by atoms with E-state index in [1.807, 2.05) is 0 Å². The first-order valence-corrected chi connectivity index (χ1v) is 7.76. The third-order valence-electron chi connectivity index (χ3n) is 4.03. The summed E-state index contributed by atoms with van der Waals surface area (Å²) in [4.78, 5) is 36.4. The van der Waals surface area contributed by atoms with Gasteiger partial charge in [-0.3, -0.25) is 19.7 Å². The number of esters is 1. The zero-order chi connectivity index (χ0) is 17.7. The van der Waals surface area contributed by atoms with E-state index in [1.54, 1.807) is 11.8 Å². The van der Waals surface area contributed by atoms with Crippen LogP contribution in [0.25, 0.3) is 0 Å². The molecule has 0 N–H and O–H groups in total. The maximum Gasteiger partial charge on any atom is 0.309 e. The quantitative estimate of drug-likeness (QED) is 0.463. The van der Waals surface area contributed by atoms with Crippen LogP contribution in [-0.2, 0) is 9.53 Å². The lowest BCUT2D eigenvalue weighted by molar-refractivity contribution is -0.384. The Kier molecular flexibility index (Phi) is 5.73. The zero-order valence-corrected chi connectivity index (χ0v) is 13.7. The molecule has 1 fully saturated rings. The van der Waals surface area contributed by atoms with Gasteiger partial charge in [-0.15, -0.1) is 0 Å². The Hall–Kier alpha value is -2.64. The Labute approximate surface area is 139 Å². The number of non-ortho nitro benzene ring substituents is 1. The first-order valence-electron chi connectivity index (χ1n) is 7.76. The van der Waals surface area contributed by atoms with Crippen LogP contribution in [0.3, 0.4) is 0 Å². The fourth-order valence-electron chi connectivity index (χ4n) is 2.73. The van der Waals surface area contributed by atoms with Crippen molar-refractivity contribution in [2.75, 3.05) is 26.8 Å². The van der Waals surface area contributed by atoms with Crippen LogP contribution in [0.2, 0.25) is 0 Å². The van der Waals surface area contributed by atoms with Gasteiger partial charge in [0.25, 0.3) is 11.6 Å². The molecule has 0 aromatic heterocycles. The first-order chi connectivity index (χ1) is 11.5. The van der Waals surface area contributed by atoms with Gasteiger partial charge in [0.2, 0.25) is 0 Å². The predicted molar refractivity (Wildman–Crippen MR) is 84.9 cm³/mol. The molecule has 1 aromatic carbocycles.